The van der Waals surface area contributed by atoms with Gasteiger partial charge in [-0.1, -0.05) is 13.3 Å². The highest BCUT2D eigenvalue weighted by Gasteiger charge is 2.25. The Bertz CT molecular complexity index is 508. The van der Waals surface area contributed by atoms with Crippen molar-refractivity contribution >= 4 is 17.7 Å². The van der Waals surface area contributed by atoms with Crippen LogP contribution in [-0.4, -0.2) is 32.5 Å². The molecule has 1 aromatic rings. The minimum atomic E-state index is -1.13. The third-order valence-corrected chi connectivity index (χ3v) is 2.70. The monoisotopic (exact) mass is 269 g/mol. The van der Waals surface area contributed by atoms with E-state index in [-0.39, 0.29) is 11.5 Å². The van der Waals surface area contributed by atoms with Crippen LogP contribution >= 0.6 is 0 Å². The number of nitrogens with zero attached hydrogens (tertiary/aromatic N) is 2. The fourth-order valence-corrected chi connectivity index (χ4v) is 1.69. The lowest BCUT2D eigenvalue weighted by atomic mass is 10.1. The number of carboxylic acids is 1. The molecule has 2 N–H and O–H groups in total. The molecule has 1 rings (SSSR count). The van der Waals surface area contributed by atoms with Crippen molar-refractivity contribution in [3.05, 3.63) is 27.9 Å². The van der Waals surface area contributed by atoms with E-state index in [0.717, 1.165) is 4.57 Å². The first-order valence-corrected chi connectivity index (χ1v) is 5.72. The molecule has 1 atom stereocenters. The molecular formula is C11H15N3O5. The number of rotatable bonds is 6. The molecule has 0 saturated carbocycles. The molecule has 1 aromatic heterocycles. The molecule has 0 unspecified atom stereocenters. The van der Waals surface area contributed by atoms with E-state index in [4.69, 9.17) is 5.11 Å². The van der Waals surface area contributed by atoms with Crippen molar-refractivity contribution in [2.45, 2.75) is 25.8 Å². The maximum Gasteiger partial charge on any atom is 0.326 e. The largest absolute Gasteiger partial charge is 0.480 e. The molecule has 0 bridgehead atoms. The zero-order chi connectivity index (χ0) is 14.6. The predicted octanol–water partition coefficient (Wildman–Crippen LogP) is 0.916. The van der Waals surface area contributed by atoms with Gasteiger partial charge in [0.25, 0.3) is 5.91 Å². The topological polar surface area (TPSA) is 114 Å². The van der Waals surface area contributed by atoms with Crippen molar-refractivity contribution in [2.75, 3.05) is 0 Å². The lowest BCUT2D eigenvalue weighted by molar-refractivity contribution is -0.391. The normalized spacial score (nSPS) is 11.9. The quantitative estimate of drug-likeness (QED) is 0.588. The second-order valence-corrected chi connectivity index (χ2v) is 4.05. The number of carboxylic acid groups (broad SMARTS) is 1. The molecule has 8 heteroatoms. The van der Waals surface area contributed by atoms with Gasteiger partial charge in [0.2, 0.25) is 0 Å². The highest BCUT2D eigenvalue weighted by atomic mass is 16.6. The van der Waals surface area contributed by atoms with Gasteiger partial charge in [0, 0.05) is 6.07 Å². The minimum absolute atomic E-state index is 0.0500. The van der Waals surface area contributed by atoms with E-state index in [9.17, 15) is 19.7 Å². The number of amides is 1. The summed E-state index contributed by atoms with van der Waals surface area (Å²) in [5.41, 5.74) is 0.0500. The van der Waals surface area contributed by atoms with Crippen molar-refractivity contribution < 1.29 is 19.6 Å². The Balaban J connectivity index is 2.89. The van der Waals surface area contributed by atoms with E-state index in [0.29, 0.717) is 12.8 Å². The van der Waals surface area contributed by atoms with Crippen molar-refractivity contribution in [1.29, 1.82) is 0 Å². The molecule has 8 nitrogen and oxygen atoms in total. The molecule has 0 aliphatic carbocycles. The zero-order valence-corrected chi connectivity index (χ0v) is 10.6. The van der Waals surface area contributed by atoms with Crippen molar-refractivity contribution in [3.8, 4) is 0 Å². The number of nitro groups is 1. The average Bonchev–Trinajstić information content (AvgIpc) is 2.70. The number of hydrogen-bond acceptors (Lipinski definition) is 4. The van der Waals surface area contributed by atoms with Gasteiger partial charge in [-0.25, -0.2) is 9.36 Å². The molecule has 104 valence electrons. The number of aromatic nitrogens is 1. The molecule has 1 heterocycles. The lowest BCUT2D eigenvalue weighted by Crippen LogP contribution is -2.41. The summed E-state index contributed by atoms with van der Waals surface area (Å²) in [4.78, 5) is 32.8. The Hall–Kier alpha value is -2.38. The van der Waals surface area contributed by atoms with Crippen LogP contribution in [0.2, 0.25) is 0 Å². The van der Waals surface area contributed by atoms with Crippen LogP contribution < -0.4 is 5.32 Å². The van der Waals surface area contributed by atoms with Gasteiger partial charge in [0.15, 0.2) is 5.69 Å². The van der Waals surface area contributed by atoms with Gasteiger partial charge < -0.3 is 20.5 Å². The molecule has 0 aromatic carbocycles. The summed E-state index contributed by atoms with van der Waals surface area (Å²) < 4.78 is 1.11. The van der Waals surface area contributed by atoms with Gasteiger partial charge in [-0.05, 0) is 17.4 Å². The summed E-state index contributed by atoms with van der Waals surface area (Å²) in [6.07, 6.45) is 0.901. The Morgan fingerprint density at radius 2 is 2.16 bits per heavy atom. The second kappa shape index (κ2) is 5.98. The number of carbonyl (C=O) groups is 2. The van der Waals surface area contributed by atoms with Crippen molar-refractivity contribution in [1.82, 2.24) is 9.88 Å². The van der Waals surface area contributed by atoms with Crippen LogP contribution in [-0.2, 0) is 11.8 Å². The van der Waals surface area contributed by atoms with E-state index in [1.807, 2.05) is 0 Å². The van der Waals surface area contributed by atoms with Crippen LogP contribution in [0.1, 0.15) is 30.3 Å². The Morgan fingerprint density at radius 1 is 1.53 bits per heavy atom. The number of carbonyl (C=O) groups excluding carboxylic acids is 1. The summed E-state index contributed by atoms with van der Waals surface area (Å²) in [5.74, 6) is -2.00. The van der Waals surface area contributed by atoms with Crippen LogP contribution in [0.4, 0.5) is 5.82 Å². The summed E-state index contributed by atoms with van der Waals surface area (Å²) in [6, 6.07) is 1.49. The molecule has 1 amide bonds. The summed E-state index contributed by atoms with van der Waals surface area (Å²) in [7, 11) is 1.38. The predicted molar refractivity (Wildman–Crippen MR) is 65.9 cm³/mol. The third-order valence-electron chi connectivity index (χ3n) is 2.70. The molecule has 0 aliphatic rings. The van der Waals surface area contributed by atoms with E-state index < -0.39 is 22.8 Å². The molecule has 19 heavy (non-hydrogen) atoms. The van der Waals surface area contributed by atoms with Crippen LogP contribution in [0.3, 0.4) is 0 Å². The molecule has 0 spiro atoms. The van der Waals surface area contributed by atoms with E-state index in [1.165, 1.54) is 19.2 Å². The highest BCUT2D eigenvalue weighted by molar-refractivity contribution is 5.95. The maximum absolute atomic E-state index is 11.9. The Labute approximate surface area is 109 Å². The first kappa shape index (κ1) is 14.7. The first-order valence-electron chi connectivity index (χ1n) is 5.72. The fourth-order valence-electron chi connectivity index (χ4n) is 1.69. The van der Waals surface area contributed by atoms with Gasteiger partial charge in [-0.3, -0.25) is 4.79 Å². The summed E-state index contributed by atoms with van der Waals surface area (Å²) >= 11 is 0. The van der Waals surface area contributed by atoms with E-state index >= 15 is 0 Å². The zero-order valence-electron chi connectivity index (χ0n) is 10.6. The average molecular weight is 269 g/mol. The van der Waals surface area contributed by atoms with Crippen LogP contribution in [0.5, 0.6) is 0 Å². The van der Waals surface area contributed by atoms with Gasteiger partial charge in [0.1, 0.15) is 6.04 Å². The third kappa shape index (κ3) is 3.30. The molecule has 0 fully saturated rings. The number of aliphatic carboxylic acids is 1. The summed E-state index contributed by atoms with van der Waals surface area (Å²) in [5, 5.41) is 21.9. The molecule has 0 aliphatic heterocycles. The van der Waals surface area contributed by atoms with Crippen LogP contribution in [0.15, 0.2) is 12.1 Å². The molecular weight excluding hydrogens is 254 g/mol. The Kier molecular flexibility index (Phi) is 4.62. The standard InChI is InChI=1S/C11H15N3O5/c1-3-4-7(11(16)17)12-10(15)8-5-6-9(13(8)2)14(18)19/h5-7H,3-4H2,1-2H3,(H,12,15)(H,16,17)/t7-/m0/s1. The molecule has 0 radical (unpaired) electrons. The highest BCUT2D eigenvalue weighted by Crippen LogP contribution is 2.15. The van der Waals surface area contributed by atoms with Gasteiger partial charge >= 0.3 is 11.8 Å². The van der Waals surface area contributed by atoms with Gasteiger partial charge in [-0.2, -0.15) is 0 Å². The number of nitrogens with one attached hydrogen (secondary N) is 1. The maximum atomic E-state index is 11.9. The van der Waals surface area contributed by atoms with Crippen molar-refractivity contribution in [2.24, 2.45) is 7.05 Å². The Morgan fingerprint density at radius 3 is 2.58 bits per heavy atom. The number of hydrogen-bond donors (Lipinski definition) is 2. The minimum Gasteiger partial charge on any atom is -0.480 e. The molecule has 0 saturated heterocycles. The van der Waals surface area contributed by atoms with Crippen molar-refractivity contribution in [3.63, 3.8) is 0 Å². The van der Waals surface area contributed by atoms with Crippen LogP contribution in [0.25, 0.3) is 0 Å². The van der Waals surface area contributed by atoms with E-state index in [1.54, 1.807) is 6.92 Å². The first-order chi connectivity index (χ1) is 8.88. The van der Waals surface area contributed by atoms with Crippen LogP contribution in [0, 0.1) is 10.1 Å². The van der Waals surface area contributed by atoms with Gasteiger partial charge in [-0.15, -0.1) is 0 Å². The smallest absolute Gasteiger partial charge is 0.326 e. The van der Waals surface area contributed by atoms with E-state index in [2.05, 4.69) is 5.32 Å². The lowest BCUT2D eigenvalue weighted by Gasteiger charge is -2.12. The summed E-state index contributed by atoms with van der Waals surface area (Å²) in [6.45, 7) is 1.80. The SMILES string of the molecule is CCC[C@H](NC(=O)c1ccc([N+](=O)[O-])n1C)C(=O)O. The fraction of sp³-hybridized carbons (Fsp3) is 0.455. The second-order valence-electron chi connectivity index (χ2n) is 4.05. The van der Waals surface area contributed by atoms with Gasteiger partial charge in [0.05, 0.1) is 7.05 Å².